The molecule has 0 fully saturated rings. The summed E-state index contributed by atoms with van der Waals surface area (Å²) in [6.45, 7) is 9.67. The average molecular weight is 595 g/mol. The summed E-state index contributed by atoms with van der Waals surface area (Å²) >= 11 is 0. The molecule has 4 heteroatoms. The number of allylic oxidation sites excluding steroid dienone is 1. The Bertz CT molecular complexity index is 2570. The van der Waals surface area contributed by atoms with Crippen molar-refractivity contribution in [2.45, 2.75) is 44.1 Å². The van der Waals surface area contributed by atoms with Crippen molar-refractivity contribution in [3.63, 3.8) is 0 Å². The summed E-state index contributed by atoms with van der Waals surface area (Å²) in [6, 6.07) is 40.0. The molecule has 4 nitrogen and oxygen atoms in total. The van der Waals surface area contributed by atoms with E-state index >= 15 is 0 Å². The molecule has 0 spiro atoms. The third kappa shape index (κ3) is 3.11. The standard InChI is InChI=1S/C42H34N4/c1-27-26-42(3)41(2,22-21-28-13-4-5-14-29(28)35-18-8-10-23-44(27)35)39-34(36-19-9-11-24-45(36)42)25-33-32-17-12-16-31-30-15-6-7-20-37(30)46(38(31)32)40(33)43-39/h4-20,23-25H,1,21-22,26H2,2-3H3/q+2. The number of nitrogens with zero attached hydrogens (tertiary/aromatic N) is 4. The fourth-order valence-electron chi connectivity index (χ4n) is 9.02. The van der Waals surface area contributed by atoms with Gasteiger partial charge in [0, 0.05) is 58.3 Å². The fraction of sp³-hybridized carbons (Fsp3) is 0.167. The Hall–Kier alpha value is -5.35. The Balaban J connectivity index is 1.31. The van der Waals surface area contributed by atoms with Gasteiger partial charge in [-0.1, -0.05) is 54.6 Å². The highest BCUT2D eigenvalue weighted by Crippen LogP contribution is 2.52. The predicted molar refractivity (Wildman–Crippen MR) is 186 cm³/mol. The minimum absolute atomic E-state index is 0.309. The van der Waals surface area contributed by atoms with Gasteiger partial charge in [0.2, 0.25) is 11.4 Å². The first-order valence-electron chi connectivity index (χ1n) is 16.4. The SMILES string of the molecule is C=C1CC2(C)[n+]3ccccc3-c3cc4c5cccc6c7ccccc7n(c4nc3C2(C)CCc2ccccc2-c2cccc[n+]21)c65. The summed E-state index contributed by atoms with van der Waals surface area (Å²) in [7, 11) is 0. The molecule has 5 aromatic heterocycles. The molecule has 2 aliphatic heterocycles. The molecule has 2 atom stereocenters. The third-order valence-electron chi connectivity index (χ3n) is 11.5. The fourth-order valence-corrected chi connectivity index (χ4v) is 9.02. The summed E-state index contributed by atoms with van der Waals surface area (Å²) in [4.78, 5) is 5.82. The van der Waals surface area contributed by atoms with E-state index in [-0.39, 0.29) is 11.0 Å². The van der Waals surface area contributed by atoms with Gasteiger partial charge in [0.1, 0.15) is 5.65 Å². The Kier molecular flexibility index (Phi) is 5.01. The zero-order valence-corrected chi connectivity index (χ0v) is 26.2. The Labute approximate surface area is 267 Å². The predicted octanol–water partition coefficient (Wildman–Crippen LogP) is 8.63. The second-order valence-electron chi connectivity index (χ2n) is 13.7. The molecule has 220 valence electrons. The highest BCUT2D eigenvalue weighted by molar-refractivity contribution is 6.23. The molecule has 0 radical (unpaired) electrons. The smallest absolute Gasteiger partial charge is 0.218 e. The number of rotatable bonds is 0. The summed E-state index contributed by atoms with van der Waals surface area (Å²) in [5.74, 6) is 0. The van der Waals surface area contributed by atoms with Crippen LogP contribution in [0.3, 0.4) is 0 Å². The molecule has 46 heavy (non-hydrogen) atoms. The summed E-state index contributed by atoms with van der Waals surface area (Å²) < 4.78 is 7.27. The van der Waals surface area contributed by atoms with Gasteiger partial charge in [0.15, 0.2) is 23.6 Å². The van der Waals surface area contributed by atoms with Crippen LogP contribution in [0.25, 0.3) is 66.4 Å². The van der Waals surface area contributed by atoms with Gasteiger partial charge in [-0.15, -0.1) is 0 Å². The van der Waals surface area contributed by atoms with E-state index < -0.39 is 0 Å². The molecule has 0 N–H and O–H groups in total. The van der Waals surface area contributed by atoms with E-state index in [2.05, 4.69) is 149 Å². The Morgan fingerprint density at radius 3 is 2.33 bits per heavy atom. The van der Waals surface area contributed by atoms with Gasteiger partial charge in [-0.25, -0.2) is 4.98 Å². The van der Waals surface area contributed by atoms with Crippen LogP contribution in [0.5, 0.6) is 0 Å². The van der Waals surface area contributed by atoms with E-state index in [9.17, 15) is 0 Å². The highest BCUT2D eigenvalue weighted by Gasteiger charge is 2.60. The lowest BCUT2D eigenvalue weighted by molar-refractivity contribution is -0.766. The lowest BCUT2D eigenvalue weighted by Gasteiger charge is -2.45. The number of fused-ring (bicyclic) bond motifs is 15. The molecule has 2 aliphatic rings. The van der Waals surface area contributed by atoms with Crippen molar-refractivity contribution in [1.29, 1.82) is 0 Å². The molecule has 0 saturated carbocycles. The van der Waals surface area contributed by atoms with Crippen molar-refractivity contribution >= 4 is 43.9 Å². The number of hydrogen-bond donors (Lipinski definition) is 0. The maximum atomic E-state index is 5.82. The summed E-state index contributed by atoms with van der Waals surface area (Å²) in [5, 5.41) is 5.05. The molecule has 3 aromatic carbocycles. The average Bonchev–Trinajstić information content (AvgIpc) is 3.61. The lowest BCUT2D eigenvalue weighted by Crippen LogP contribution is -2.69. The molecule has 10 rings (SSSR count). The van der Waals surface area contributed by atoms with Gasteiger partial charge in [-0.2, -0.15) is 9.13 Å². The lowest BCUT2D eigenvalue weighted by atomic mass is 9.60. The van der Waals surface area contributed by atoms with Gasteiger partial charge in [0.25, 0.3) is 0 Å². The Morgan fingerprint density at radius 2 is 1.43 bits per heavy atom. The first-order valence-corrected chi connectivity index (χ1v) is 16.4. The van der Waals surface area contributed by atoms with Crippen LogP contribution < -0.4 is 9.13 Å². The van der Waals surface area contributed by atoms with E-state index in [0.29, 0.717) is 0 Å². The van der Waals surface area contributed by atoms with E-state index in [0.717, 1.165) is 30.6 Å². The maximum Gasteiger partial charge on any atom is 0.218 e. The number of benzene rings is 3. The van der Waals surface area contributed by atoms with Crippen molar-refractivity contribution in [2.24, 2.45) is 0 Å². The molecule has 7 heterocycles. The van der Waals surface area contributed by atoms with Crippen LogP contribution in [0.2, 0.25) is 0 Å². The topological polar surface area (TPSA) is 25.1 Å². The van der Waals surface area contributed by atoms with E-state index in [1.54, 1.807) is 0 Å². The van der Waals surface area contributed by atoms with Crippen molar-refractivity contribution in [3.8, 4) is 22.5 Å². The van der Waals surface area contributed by atoms with Crippen LogP contribution in [0.1, 0.15) is 37.9 Å². The molecular weight excluding hydrogens is 560 g/mol. The first-order chi connectivity index (χ1) is 22.5. The Morgan fingerprint density at radius 1 is 0.717 bits per heavy atom. The molecule has 8 aromatic rings. The summed E-state index contributed by atoms with van der Waals surface area (Å²) in [6.07, 6.45) is 7.14. The van der Waals surface area contributed by atoms with Crippen molar-refractivity contribution < 1.29 is 9.13 Å². The maximum absolute atomic E-state index is 5.82. The monoisotopic (exact) mass is 594 g/mol. The molecule has 0 bridgehead atoms. The van der Waals surface area contributed by atoms with Crippen LogP contribution in [-0.4, -0.2) is 9.38 Å². The normalized spacial score (nSPS) is 20.8. The molecule has 0 aliphatic carbocycles. The van der Waals surface area contributed by atoms with Crippen LogP contribution in [-0.2, 0) is 17.4 Å². The second-order valence-corrected chi connectivity index (χ2v) is 13.7. The van der Waals surface area contributed by atoms with Gasteiger partial charge >= 0.3 is 0 Å². The molecule has 0 amide bonds. The number of para-hydroxylation sites is 2. The second kappa shape index (κ2) is 8.88. The largest absolute Gasteiger partial charge is 0.293 e. The van der Waals surface area contributed by atoms with Gasteiger partial charge in [-0.3, -0.25) is 4.40 Å². The van der Waals surface area contributed by atoms with E-state index in [1.807, 2.05) is 0 Å². The van der Waals surface area contributed by atoms with Gasteiger partial charge in [-0.05, 0) is 62.2 Å². The number of hydrogen-bond acceptors (Lipinski definition) is 1. The molecular formula is C42H34N4+2. The van der Waals surface area contributed by atoms with E-state index in [4.69, 9.17) is 11.6 Å². The van der Waals surface area contributed by atoms with Crippen molar-refractivity contribution in [1.82, 2.24) is 9.38 Å². The third-order valence-corrected chi connectivity index (χ3v) is 11.5. The van der Waals surface area contributed by atoms with Gasteiger partial charge in [0.05, 0.1) is 34.1 Å². The number of pyridine rings is 3. The van der Waals surface area contributed by atoms with E-state index in [1.165, 1.54) is 66.4 Å². The van der Waals surface area contributed by atoms with Crippen LogP contribution in [0.4, 0.5) is 0 Å². The quantitative estimate of drug-likeness (QED) is 0.161. The highest BCUT2D eigenvalue weighted by atomic mass is 15.1. The zero-order valence-electron chi connectivity index (χ0n) is 26.2. The number of aromatic nitrogens is 4. The van der Waals surface area contributed by atoms with Crippen molar-refractivity contribution in [2.75, 3.05) is 0 Å². The van der Waals surface area contributed by atoms with Gasteiger partial charge < -0.3 is 0 Å². The molecule has 0 saturated heterocycles. The minimum atomic E-state index is -0.332. The van der Waals surface area contributed by atoms with Crippen LogP contribution in [0.15, 0.2) is 128 Å². The summed E-state index contributed by atoms with van der Waals surface area (Å²) in [5.41, 5.74) is 11.4. The van der Waals surface area contributed by atoms with Crippen LogP contribution >= 0.6 is 0 Å². The van der Waals surface area contributed by atoms with Crippen LogP contribution in [0, 0.1) is 0 Å². The zero-order chi connectivity index (χ0) is 30.8. The first kappa shape index (κ1) is 25.9. The van der Waals surface area contributed by atoms with Crippen molar-refractivity contribution in [3.05, 3.63) is 139 Å². The minimum Gasteiger partial charge on any atom is -0.293 e. The number of aryl methyl sites for hydroxylation is 1. The molecule has 2 unspecified atom stereocenters.